The number of nitrogens with one attached hydrogen (secondary N) is 1. The second-order valence-electron chi connectivity index (χ2n) is 7.67. The molecule has 2 aromatic heterocycles. The van der Waals surface area contributed by atoms with Crippen molar-refractivity contribution in [1.29, 1.82) is 5.26 Å². The summed E-state index contributed by atoms with van der Waals surface area (Å²) >= 11 is 0. The number of amides is 1. The number of aromatic nitrogens is 3. The molecule has 3 heterocycles. The van der Waals surface area contributed by atoms with Gasteiger partial charge in [-0.3, -0.25) is 14.9 Å². The van der Waals surface area contributed by atoms with Gasteiger partial charge in [-0.1, -0.05) is 20.8 Å². The summed E-state index contributed by atoms with van der Waals surface area (Å²) in [5.74, 6) is -1.48. The molecule has 2 aromatic rings. The van der Waals surface area contributed by atoms with Gasteiger partial charge in [-0.05, 0) is 19.1 Å². The lowest BCUT2D eigenvalue weighted by Crippen LogP contribution is -2.42. The van der Waals surface area contributed by atoms with Gasteiger partial charge in [0, 0.05) is 6.42 Å². The van der Waals surface area contributed by atoms with Gasteiger partial charge in [-0.2, -0.15) is 10.4 Å². The van der Waals surface area contributed by atoms with Crippen LogP contribution >= 0.6 is 0 Å². The fraction of sp³-hybridized carbons (Fsp3) is 0.476. The van der Waals surface area contributed by atoms with Gasteiger partial charge < -0.3 is 24.1 Å². The van der Waals surface area contributed by atoms with Crippen LogP contribution in [0.3, 0.4) is 0 Å². The number of anilines is 1. The molecule has 1 amide bonds. The number of rotatable bonds is 7. The average Bonchev–Trinajstić information content (AvgIpc) is 3.34. The van der Waals surface area contributed by atoms with Crippen molar-refractivity contribution in [2.75, 3.05) is 12.1 Å². The van der Waals surface area contributed by atoms with Crippen molar-refractivity contribution in [3.63, 3.8) is 0 Å². The van der Waals surface area contributed by atoms with Gasteiger partial charge >= 0.3 is 18.0 Å². The predicted octanol–water partition coefficient (Wildman–Crippen LogP) is 1.07. The summed E-state index contributed by atoms with van der Waals surface area (Å²) in [6.45, 7) is 8.01. The number of nitriles is 1. The number of aliphatic hydroxyl groups excluding tert-OH is 1. The van der Waals surface area contributed by atoms with Crippen LogP contribution in [0.25, 0.3) is 5.52 Å². The fourth-order valence-electron chi connectivity index (χ4n) is 3.30. The van der Waals surface area contributed by atoms with E-state index in [2.05, 4.69) is 22.3 Å². The molecule has 0 bridgehead atoms. The maximum Gasteiger partial charge on any atom is 0.415 e. The van der Waals surface area contributed by atoms with Crippen molar-refractivity contribution in [2.24, 2.45) is 5.92 Å². The Kier molecular flexibility index (Phi) is 7.33. The molecule has 0 aromatic carbocycles. The van der Waals surface area contributed by atoms with Crippen molar-refractivity contribution in [3.8, 4) is 6.07 Å². The van der Waals surface area contributed by atoms with Gasteiger partial charge in [0.1, 0.15) is 30.1 Å². The molecule has 13 heteroatoms. The Labute approximate surface area is 194 Å². The molecular formula is C21H24N5O8. The highest BCUT2D eigenvalue weighted by Crippen LogP contribution is 2.41. The summed E-state index contributed by atoms with van der Waals surface area (Å²) in [7, 11) is 0. The summed E-state index contributed by atoms with van der Waals surface area (Å²) in [6, 6.07) is 4.88. The van der Waals surface area contributed by atoms with Crippen molar-refractivity contribution in [2.45, 2.75) is 51.1 Å². The normalized spacial score (nSPS) is 24.0. The third-order valence-electron chi connectivity index (χ3n) is 5.07. The lowest BCUT2D eigenvalue weighted by atomic mass is 9.92. The largest absolute Gasteiger partial charge is 0.457 e. The van der Waals surface area contributed by atoms with Crippen LogP contribution in [0, 0.1) is 24.2 Å². The smallest absolute Gasteiger partial charge is 0.415 e. The quantitative estimate of drug-likeness (QED) is 0.434. The highest BCUT2D eigenvalue weighted by atomic mass is 16.7. The van der Waals surface area contributed by atoms with Gasteiger partial charge in [0.05, 0.1) is 11.6 Å². The standard InChI is InChI=1S/C21H24N5O8/c1-5-15(27)33-16-12(4)34-21(8-22,17(16)28)14-7-6-13-18(23-9-24-26(13)14)25-20(30)32-10-31-19(29)11(2)3/h6-7,9,11-12,16-17,28H,4-5,10H2,1-3H3,(H,23,24,25,30)/t12-,16-,17-,21+/m1/s1. The molecule has 4 atom stereocenters. The molecule has 3 rings (SSSR count). The maximum atomic E-state index is 12.1. The van der Waals surface area contributed by atoms with E-state index in [1.165, 1.54) is 16.6 Å². The minimum absolute atomic E-state index is 0.0159. The van der Waals surface area contributed by atoms with E-state index >= 15 is 0 Å². The number of carbonyl (C=O) groups excluding carboxylic acids is 3. The van der Waals surface area contributed by atoms with Crippen LogP contribution < -0.4 is 5.32 Å². The molecule has 0 unspecified atom stereocenters. The third-order valence-corrected chi connectivity index (χ3v) is 5.07. The minimum atomic E-state index is -1.96. The molecule has 13 nitrogen and oxygen atoms in total. The highest BCUT2D eigenvalue weighted by molar-refractivity contribution is 5.88. The monoisotopic (exact) mass is 474 g/mol. The SMILES string of the molecule is [CH2][C@H]1O[C@@](C#N)(c2ccc3c(NC(=O)OCOC(=O)C(C)C)ncnn23)[C@H](O)[C@@H]1OC(=O)CC. The first kappa shape index (κ1) is 24.9. The number of nitrogens with zero attached hydrogens (tertiary/aromatic N) is 4. The Hall–Kier alpha value is -3.76. The van der Waals surface area contributed by atoms with Crippen LogP contribution in [-0.4, -0.2) is 62.8 Å². The van der Waals surface area contributed by atoms with Crippen molar-refractivity contribution >= 4 is 29.4 Å². The predicted molar refractivity (Wildman–Crippen MR) is 113 cm³/mol. The topological polar surface area (TPSA) is 174 Å². The van der Waals surface area contributed by atoms with E-state index < -0.39 is 48.7 Å². The minimum Gasteiger partial charge on any atom is -0.457 e. The molecule has 34 heavy (non-hydrogen) atoms. The van der Waals surface area contributed by atoms with Crippen LogP contribution in [0.2, 0.25) is 0 Å². The molecule has 1 radical (unpaired) electrons. The van der Waals surface area contributed by atoms with Gasteiger partial charge in [0.15, 0.2) is 11.9 Å². The number of aliphatic hydroxyl groups is 1. The lowest BCUT2D eigenvalue weighted by molar-refractivity contribution is -0.155. The third kappa shape index (κ3) is 4.63. The molecular weight excluding hydrogens is 450 g/mol. The van der Waals surface area contributed by atoms with Gasteiger partial charge in [-0.25, -0.2) is 14.3 Å². The van der Waals surface area contributed by atoms with Crippen LogP contribution in [-0.2, 0) is 34.1 Å². The number of hydrogen-bond donors (Lipinski definition) is 2. The van der Waals surface area contributed by atoms with E-state index in [1.807, 2.05) is 6.07 Å². The first-order chi connectivity index (χ1) is 16.1. The number of fused-ring (bicyclic) bond motifs is 1. The average molecular weight is 474 g/mol. The van der Waals surface area contributed by atoms with Crippen LogP contribution in [0.1, 0.15) is 32.9 Å². The molecule has 0 saturated carbocycles. The van der Waals surface area contributed by atoms with Gasteiger partial charge in [0.25, 0.3) is 0 Å². The fourth-order valence-corrected chi connectivity index (χ4v) is 3.30. The van der Waals surface area contributed by atoms with E-state index in [4.69, 9.17) is 18.9 Å². The first-order valence-electron chi connectivity index (χ1n) is 10.4. The second-order valence-corrected chi connectivity index (χ2v) is 7.67. The van der Waals surface area contributed by atoms with E-state index in [1.54, 1.807) is 20.8 Å². The lowest BCUT2D eigenvalue weighted by Gasteiger charge is -2.24. The van der Waals surface area contributed by atoms with Gasteiger partial charge in [-0.15, -0.1) is 0 Å². The maximum absolute atomic E-state index is 12.1. The van der Waals surface area contributed by atoms with Crippen LogP contribution in [0.4, 0.5) is 10.6 Å². The number of carbonyl (C=O) groups is 3. The van der Waals surface area contributed by atoms with Crippen LogP contribution in [0.15, 0.2) is 18.5 Å². The highest BCUT2D eigenvalue weighted by Gasteiger charge is 2.58. The summed E-state index contributed by atoms with van der Waals surface area (Å²) in [5, 5.41) is 27.3. The molecule has 2 N–H and O–H groups in total. The zero-order valence-electron chi connectivity index (χ0n) is 18.8. The van der Waals surface area contributed by atoms with E-state index in [0.717, 1.165) is 6.33 Å². The summed E-state index contributed by atoms with van der Waals surface area (Å²) in [5.41, 5.74) is -1.62. The first-order valence-corrected chi connectivity index (χ1v) is 10.4. The molecule has 0 aliphatic carbocycles. The number of ether oxygens (including phenoxy) is 4. The molecule has 1 aliphatic heterocycles. The Bertz CT molecular complexity index is 1130. The Morgan fingerprint density at radius 2 is 2.12 bits per heavy atom. The zero-order valence-corrected chi connectivity index (χ0v) is 18.8. The van der Waals surface area contributed by atoms with Crippen molar-refractivity contribution in [3.05, 3.63) is 31.1 Å². The molecule has 1 saturated heterocycles. The molecule has 181 valence electrons. The second kappa shape index (κ2) is 10.0. The number of esters is 2. The van der Waals surface area contributed by atoms with Gasteiger partial charge in [0.2, 0.25) is 12.4 Å². The Morgan fingerprint density at radius 3 is 2.76 bits per heavy atom. The molecule has 0 spiro atoms. The van der Waals surface area contributed by atoms with Crippen molar-refractivity contribution < 1.29 is 38.4 Å². The van der Waals surface area contributed by atoms with Crippen molar-refractivity contribution in [1.82, 2.24) is 14.6 Å². The summed E-state index contributed by atoms with van der Waals surface area (Å²) < 4.78 is 21.8. The van der Waals surface area contributed by atoms with E-state index in [9.17, 15) is 24.8 Å². The number of hydrogen-bond acceptors (Lipinski definition) is 11. The van der Waals surface area contributed by atoms with Crippen LogP contribution in [0.5, 0.6) is 0 Å². The zero-order chi connectivity index (χ0) is 25.0. The molecule has 1 fully saturated rings. The van der Waals surface area contributed by atoms with E-state index in [0.29, 0.717) is 0 Å². The Balaban J connectivity index is 1.84. The Morgan fingerprint density at radius 1 is 1.38 bits per heavy atom. The van der Waals surface area contributed by atoms with E-state index in [-0.39, 0.29) is 29.4 Å². The summed E-state index contributed by atoms with van der Waals surface area (Å²) in [6.07, 6.45) is -3.55. The molecule has 1 aliphatic rings. The summed E-state index contributed by atoms with van der Waals surface area (Å²) in [4.78, 5) is 39.3.